The largest absolute Gasteiger partial charge is 0.394 e. The number of hydrogen-bond donors (Lipinski definition) is 2. The average molecular weight is 312 g/mol. The zero-order valence-corrected chi connectivity index (χ0v) is 12.0. The number of aliphatic hydroxyl groups is 1. The zero-order valence-electron chi connectivity index (χ0n) is 11.2. The third-order valence-electron chi connectivity index (χ3n) is 3.45. The monoisotopic (exact) mass is 311 g/mol. The first-order chi connectivity index (χ1) is 10.2. The fourth-order valence-corrected chi connectivity index (χ4v) is 2.18. The molecule has 3 rings (SSSR count). The number of nitrogens with one attached hydrogen (secondary N) is 1. The lowest BCUT2D eigenvalue weighted by Gasteiger charge is -2.15. The lowest BCUT2D eigenvalue weighted by Crippen LogP contribution is -2.24. The van der Waals surface area contributed by atoms with Crippen LogP contribution in [0.25, 0.3) is 0 Å². The molecule has 7 heteroatoms. The molecule has 1 fully saturated rings. The molecule has 112 valence electrons. The molecule has 21 heavy (non-hydrogen) atoms. The SMILES string of the molecule is OC[C@H](NCc1noc(C2CC2)n1)c1ccc(Cl)c(F)c1. The molecular formula is C14H15ClFN3O2. The lowest BCUT2D eigenvalue weighted by molar-refractivity contribution is 0.242. The number of hydrogen-bond acceptors (Lipinski definition) is 5. The van der Waals surface area contributed by atoms with Gasteiger partial charge in [0.05, 0.1) is 24.2 Å². The molecule has 1 atom stereocenters. The molecule has 2 N–H and O–H groups in total. The summed E-state index contributed by atoms with van der Waals surface area (Å²) >= 11 is 5.65. The van der Waals surface area contributed by atoms with Crippen LogP contribution in [0, 0.1) is 5.82 Å². The van der Waals surface area contributed by atoms with E-state index in [0.29, 0.717) is 29.7 Å². The molecular weight excluding hydrogens is 297 g/mol. The summed E-state index contributed by atoms with van der Waals surface area (Å²) < 4.78 is 18.6. The number of aliphatic hydroxyl groups excluding tert-OH is 1. The van der Waals surface area contributed by atoms with E-state index in [-0.39, 0.29) is 11.6 Å². The van der Waals surface area contributed by atoms with Gasteiger partial charge in [0.15, 0.2) is 5.82 Å². The van der Waals surface area contributed by atoms with Gasteiger partial charge in [-0.1, -0.05) is 22.8 Å². The van der Waals surface area contributed by atoms with Crippen LogP contribution in [0.1, 0.15) is 42.1 Å². The van der Waals surface area contributed by atoms with E-state index < -0.39 is 11.9 Å². The first kappa shape index (κ1) is 14.4. The van der Waals surface area contributed by atoms with Gasteiger partial charge in [-0.2, -0.15) is 4.98 Å². The molecule has 1 aromatic heterocycles. The summed E-state index contributed by atoms with van der Waals surface area (Å²) in [5, 5.41) is 16.5. The molecule has 1 aliphatic carbocycles. The van der Waals surface area contributed by atoms with Gasteiger partial charge in [0, 0.05) is 5.92 Å². The minimum Gasteiger partial charge on any atom is -0.394 e. The van der Waals surface area contributed by atoms with Gasteiger partial charge in [-0.3, -0.25) is 0 Å². The average Bonchev–Trinajstić information content (AvgIpc) is 3.23. The van der Waals surface area contributed by atoms with E-state index >= 15 is 0 Å². The van der Waals surface area contributed by atoms with Gasteiger partial charge >= 0.3 is 0 Å². The summed E-state index contributed by atoms with van der Waals surface area (Å²) in [5.41, 5.74) is 0.616. The number of halogens is 2. The first-order valence-electron chi connectivity index (χ1n) is 6.79. The predicted molar refractivity (Wildman–Crippen MR) is 74.3 cm³/mol. The van der Waals surface area contributed by atoms with E-state index in [1.807, 2.05) is 0 Å². The van der Waals surface area contributed by atoms with Gasteiger partial charge in [-0.05, 0) is 30.5 Å². The second-order valence-electron chi connectivity index (χ2n) is 5.11. The number of nitrogens with zero attached hydrogens (tertiary/aromatic N) is 2. The second kappa shape index (κ2) is 6.09. The van der Waals surface area contributed by atoms with Gasteiger partial charge in [-0.25, -0.2) is 4.39 Å². The minimum atomic E-state index is -0.509. The molecule has 1 aromatic carbocycles. The van der Waals surface area contributed by atoms with Crippen LogP contribution in [0.4, 0.5) is 4.39 Å². The normalized spacial score (nSPS) is 16.1. The molecule has 1 saturated carbocycles. The molecule has 1 heterocycles. The van der Waals surface area contributed by atoms with E-state index in [0.717, 1.165) is 12.8 Å². The maximum absolute atomic E-state index is 13.5. The van der Waals surface area contributed by atoms with Gasteiger partial charge < -0.3 is 14.9 Å². The Hall–Kier alpha value is -1.50. The van der Waals surface area contributed by atoms with Crippen LogP contribution in [0.5, 0.6) is 0 Å². The third kappa shape index (κ3) is 3.40. The van der Waals surface area contributed by atoms with Crippen molar-refractivity contribution < 1.29 is 14.0 Å². The van der Waals surface area contributed by atoms with E-state index in [9.17, 15) is 9.50 Å². The summed E-state index contributed by atoms with van der Waals surface area (Å²) in [6.07, 6.45) is 2.19. The van der Waals surface area contributed by atoms with E-state index in [2.05, 4.69) is 15.5 Å². The van der Waals surface area contributed by atoms with Gasteiger partial charge in [0.2, 0.25) is 5.89 Å². The van der Waals surface area contributed by atoms with E-state index in [1.165, 1.54) is 12.1 Å². The minimum absolute atomic E-state index is 0.0580. The zero-order chi connectivity index (χ0) is 14.8. The Bertz CT molecular complexity index is 630. The molecule has 2 aromatic rings. The Labute approximate surface area is 126 Å². The van der Waals surface area contributed by atoms with Crippen molar-refractivity contribution in [3.8, 4) is 0 Å². The van der Waals surface area contributed by atoms with Crippen LogP contribution in [0.3, 0.4) is 0 Å². The third-order valence-corrected chi connectivity index (χ3v) is 3.75. The van der Waals surface area contributed by atoms with E-state index in [4.69, 9.17) is 16.1 Å². The van der Waals surface area contributed by atoms with Crippen LogP contribution in [0.15, 0.2) is 22.7 Å². The van der Waals surface area contributed by atoms with Gasteiger partial charge in [0.25, 0.3) is 0 Å². The predicted octanol–water partition coefficient (Wildman–Crippen LogP) is 2.56. The molecule has 1 aliphatic rings. The van der Waals surface area contributed by atoms with E-state index in [1.54, 1.807) is 6.07 Å². The van der Waals surface area contributed by atoms with Gasteiger partial charge in [0.1, 0.15) is 5.82 Å². The fraction of sp³-hybridized carbons (Fsp3) is 0.429. The van der Waals surface area contributed by atoms with Crippen molar-refractivity contribution in [3.63, 3.8) is 0 Å². The summed E-state index contributed by atoms with van der Waals surface area (Å²) in [4.78, 5) is 4.29. The number of benzene rings is 1. The summed E-state index contributed by atoms with van der Waals surface area (Å²) in [7, 11) is 0. The highest BCUT2D eigenvalue weighted by atomic mass is 35.5. The van der Waals surface area contributed by atoms with Crippen molar-refractivity contribution in [2.24, 2.45) is 0 Å². The van der Waals surface area contributed by atoms with Gasteiger partial charge in [-0.15, -0.1) is 0 Å². The smallest absolute Gasteiger partial charge is 0.229 e. The Morgan fingerprint density at radius 3 is 2.95 bits per heavy atom. The summed E-state index contributed by atoms with van der Waals surface area (Å²) in [6, 6.07) is 4.03. The quantitative estimate of drug-likeness (QED) is 0.858. The van der Waals surface area contributed by atoms with Crippen LogP contribution in [-0.2, 0) is 6.54 Å². The second-order valence-corrected chi connectivity index (χ2v) is 5.52. The van der Waals surface area contributed by atoms with Crippen molar-refractivity contribution in [2.45, 2.75) is 31.3 Å². The molecule has 0 aliphatic heterocycles. The summed E-state index contributed by atoms with van der Waals surface area (Å²) in [6.45, 7) is 0.167. The molecule has 5 nitrogen and oxygen atoms in total. The molecule has 0 unspecified atom stereocenters. The molecule has 0 saturated heterocycles. The van der Waals surface area contributed by atoms with Crippen LogP contribution in [0.2, 0.25) is 5.02 Å². The highest BCUT2D eigenvalue weighted by Gasteiger charge is 2.29. The number of aromatic nitrogens is 2. The first-order valence-corrected chi connectivity index (χ1v) is 7.17. The van der Waals surface area contributed by atoms with Crippen molar-refractivity contribution in [1.29, 1.82) is 0 Å². The molecule has 0 amide bonds. The highest BCUT2D eigenvalue weighted by Crippen LogP contribution is 2.38. The van der Waals surface area contributed by atoms with Crippen LogP contribution in [-0.4, -0.2) is 21.9 Å². The molecule has 0 bridgehead atoms. The highest BCUT2D eigenvalue weighted by molar-refractivity contribution is 6.30. The standard InChI is InChI=1S/C14H15ClFN3O2/c15-10-4-3-9(5-11(10)16)12(7-20)17-6-13-18-14(21-19-13)8-1-2-8/h3-5,8,12,17,20H,1-2,6-7H2/t12-/m0/s1. The lowest BCUT2D eigenvalue weighted by atomic mass is 10.1. The maximum Gasteiger partial charge on any atom is 0.229 e. The Morgan fingerprint density at radius 1 is 1.48 bits per heavy atom. The molecule has 0 spiro atoms. The Balaban J connectivity index is 1.64. The number of rotatable bonds is 6. The van der Waals surface area contributed by atoms with Crippen molar-refractivity contribution in [2.75, 3.05) is 6.61 Å². The van der Waals surface area contributed by atoms with Crippen LogP contribution < -0.4 is 5.32 Å². The van der Waals surface area contributed by atoms with Crippen molar-refractivity contribution in [1.82, 2.24) is 15.5 Å². The van der Waals surface area contributed by atoms with Crippen LogP contribution >= 0.6 is 11.6 Å². The summed E-state index contributed by atoms with van der Waals surface area (Å²) in [5.74, 6) is 1.10. The van der Waals surface area contributed by atoms with Crippen molar-refractivity contribution in [3.05, 3.63) is 46.3 Å². The Morgan fingerprint density at radius 2 is 2.29 bits per heavy atom. The fourth-order valence-electron chi connectivity index (χ4n) is 2.07. The van der Waals surface area contributed by atoms with Crippen molar-refractivity contribution >= 4 is 11.6 Å². The topological polar surface area (TPSA) is 71.2 Å². The molecule has 0 radical (unpaired) electrons. The Kier molecular flexibility index (Phi) is 4.19. The maximum atomic E-state index is 13.5.